The number of nitrogens with one attached hydrogen (secondary N) is 1. The van der Waals surface area contributed by atoms with Gasteiger partial charge in [-0.2, -0.15) is 0 Å². The van der Waals surface area contributed by atoms with Crippen LogP contribution in [0.15, 0.2) is 28.7 Å². The monoisotopic (exact) mass is 378 g/mol. The van der Waals surface area contributed by atoms with Crippen molar-refractivity contribution in [2.24, 2.45) is 11.7 Å². The SMILES string of the molecule is CC(C)CC(C)(CN)NC(=O)COc1ccc(Br)cc1.Cl. The maximum atomic E-state index is 11.9. The average Bonchev–Trinajstić information content (AvgIpc) is 2.37. The van der Waals surface area contributed by atoms with Gasteiger partial charge in [0.15, 0.2) is 6.61 Å². The van der Waals surface area contributed by atoms with Crippen LogP contribution in [0.2, 0.25) is 0 Å². The zero-order valence-corrected chi connectivity index (χ0v) is 15.1. The summed E-state index contributed by atoms with van der Waals surface area (Å²) in [5, 5.41) is 2.96. The largest absolute Gasteiger partial charge is 0.484 e. The highest BCUT2D eigenvalue weighted by Gasteiger charge is 2.25. The van der Waals surface area contributed by atoms with Crippen LogP contribution in [0.4, 0.5) is 0 Å². The normalized spacial score (nSPS) is 13.2. The van der Waals surface area contributed by atoms with Crippen molar-refractivity contribution in [2.45, 2.75) is 32.7 Å². The highest BCUT2D eigenvalue weighted by molar-refractivity contribution is 9.10. The summed E-state index contributed by atoms with van der Waals surface area (Å²) in [6.45, 7) is 6.59. The molecule has 1 aromatic carbocycles. The summed E-state index contributed by atoms with van der Waals surface area (Å²) in [6, 6.07) is 7.37. The van der Waals surface area contributed by atoms with Crippen molar-refractivity contribution < 1.29 is 9.53 Å². The van der Waals surface area contributed by atoms with Gasteiger partial charge >= 0.3 is 0 Å². The molecule has 0 spiro atoms. The highest BCUT2D eigenvalue weighted by Crippen LogP contribution is 2.17. The Morgan fingerprint density at radius 2 is 1.95 bits per heavy atom. The number of carbonyl (C=O) groups excluding carboxylic acids is 1. The lowest BCUT2D eigenvalue weighted by molar-refractivity contribution is -0.125. The van der Waals surface area contributed by atoms with Crippen molar-refractivity contribution in [1.29, 1.82) is 0 Å². The molecule has 0 heterocycles. The van der Waals surface area contributed by atoms with Gasteiger partial charge in [-0.1, -0.05) is 29.8 Å². The minimum absolute atomic E-state index is 0. The second kappa shape index (κ2) is 9.28. The van der Waals surface area contributed by atoms with E-state index in [1.165, 1.54) is 0 Å². The first kappa shape index (κ1) is 20.2. The third-order valence-electron chi connectivity index (χ3n) is 2.93. The Morgan fingerprint density at radius 1 is 1.38 bits per heavy atom. The molecule has 3 N–H and O–H groups in total. The van der Waals surface area contributed by atoms with Crippen LogP contribution in [0, 0.1) is 5.92 Å². The zero-order chi connectivity index (χ0) is 15.2. The van der Waals surface area contributed by atoms with E-state index >= 15 is 0 Å². The molecule has 0 fully saturated rings. The van der Waals surface area contributed by atoms with Crippen LogP contribution in [0.1, 0.15) is 27.2 Å². The third kappa shape index (κ3) is 7.69. The Kier molecular flexibility index (Phi) is 8.94. The molecule has 0 bridgehead atoms. The third-order valence-corrected chi connectivity index (χ3v) is 3.46. The summed E-state index contributed by atoms with van der Waals surface area (Å²) in [7, 11) is 0. The maximum Gasteiger partial charge on any atom is 0.258 e. The number of halogens is 2. The zero-order valence-electron chi connectivity index (χ0n) is 12.7. The first-order valence-corrected chi connectivity index (χ1v) is 7.53. The molecule has 0 aliphatic rings. The van der Waals surface area contributed by atoms with Crippen molar-refractivity contribution in [1.82, 2.24) is 5.32 Å². The van der Waals surface area contributed by atoms with Gasteiger partial charge in [0.2, 0.25) is 0 Å². The van der Waals surface area contributed by atoms with Gasteiger partial charge in [-0.15, -0.1) is 12.4 Å². The second-order valence-electron chi connectivity index (χ2n) is 5.65. The van der Waals surface area contributed by atoms with Crippen molar-refractivity contribution in [3.8, 4) is 5.75 Å². The molecular weight excluding hydrogens is 356 g/mol. The molecule has 0 aliphatic carbocycles. The van der Waals surface area contributed by atoms with Gasteiger partial charge in [0.05, 0.1) is 0 Å². The van der Waals surface area contributed by atoms with E-state index in [2.05, 4.69) is 35.1 Å². The predicted molar refractivity (Wildman–Crippen MR) is 91.9 cm³/mol. The Morgan fingerprint density at radius 3 is 2.43 bits per heavy atom. The van der Waals surface area contributed by atoms with Gasteiger partial charge in [0.1, 0.15) is 5.75 Å². The highest BCUT2D eigenvalue weighted by atomic mass is 79.9. The number of hydrogen-bond acceptors (Lipinski definition) is 3. The molecule has 0 saturated carbocycles. The fraction of sp³-hybridized carbons (Fsp3) is 0.533. The van der Waals surface area contributed by atoms with E-state index in [-0.39, 0.29) is 30.5 Å². The molecule has 6 heteroatoms. The lowest BCUT2D eigenvalue weighted by Gasteiger charge is -2.31. The summed E-state index contributed by atoms with van der Waals surface area (Å²) in [5.41, 5.74) is 5.39. The number of nitrogens with two attached hydrogens (primary N) is 1. The molecule has 1 rings (SSSR count). The number of hydrogen-bond donors (Lipinski definition) is 2. The van der Waals surface area contributed by atoms with Gasteiger partial charge in [-0.25, -0.2) is 0 Å². The summed E-state index contributed by atoms with van der Waals surface area (Å²) in [5.74, 6) is 0.986. The van der Waals surface area contributed by atoms with Crippen molar-refractivity contribution >= 4 is 34.2 Å². The summed E-state index contributed by atoms with van der Waals surface area (Å²) >= 11 is 3.35. The van der Waals surface area contributed by atoms with Crippen LogP contribution < -0.4 is 15.8 Å². The minimum atomic E-state index is -0.381. The molecule has 21 heavy (non-hydrogen) atoms. The smallest absolute Gasteiger partial charge is 0.258 e. The van der Waals surface area contributed by atoms with Crippen LogP contribution in [-0.2, 0) is 4.79 Å². The number of amides is 1. The lowest BCUT2D eigenvalue weighted by atomic mass is 9.91. The Hall–Kier alpha value is -0.780. The lowest BCUT2D eigenvalue weighted by Crippen LogP contribution is -2.53. The fourth-order valence-corrected chi connectivity index (χ4v) is 2.40. The van der Waals surface area contributed by atoms with E-state index in [0.717, 1.165) is 10.9 Å². The van der Waals surface area contributed by atoms with Crippen molar-refractivity contribution in [3.63, 3.8) is 0 Å². The number of carbonyl (C=O) groups is 1. The molecular formula is C15H24BrClN2O2. The molecule has 0 aromatic heterocycles. The fourth-order valence-electron chi connectivity index (χ4n) is 2.14. The number of benzene rings is 1. The molecule has 1 atom stereocenters. The molecule has 0 aliphatic heterocycles. The van der Waals surface area contributed by atoms with Crippen LogP contribution >= 0.6 is 28.3 Å². The standard InChI is InChI=1S/C15H23BrN2O2.ClH/c1-11(2)8-15(3,10-17)18-14(19)9-20-13-6-4-12(16)5-7-13;/h4-7,11H,8-10,17H2,1-3H3,(H,18,19);1H. The Balaban J connectivity index is 0.00000400. The number of ether oxygens (including phenoxy) is 1. The predicted octanol–water partition coefficient (Wildman–Crippen LogP) is 3.13. The molecule has 0 radical (unpaired) electrons. The van der Waals surface area contributed by atoms with E-state index < -0.39 is 0 Å². The molecule has 4 nitrogen and oxygen atoms in total. The van der Waals surface area contributed by atoms with Gasteiger partial charge < -0.3 is 15.8 Å². The molecule has 1 amide bonds. The first-order valence-electron chi connectivity index (χ1n) is 6.74. The summed E-state index contributed by atoms with van der Waals surface area (Å²) in [4.78, 5) is 11.9. The van der Waals surface area contributed by atoms with Gasteiger partial charge in [0.25, 0.3) is 5.91 Å². The van der Waals surface area contributed by atoms with E-state index in [0.29, 0.717) is 18.2 Å². The topological polar surface area (TPSA) is 64.3 Å². The van der Waals surface area contributed by atoms with Crippen LogP contribution in [0.5, 0.6) is 5.75 Å². The molecule has 1 unspecified atom stereocenters. The van der Waals surface area contributed by atoms with Crippen LogP contribution in [0.25, 0.3) is 0 Å². The van der Waals surface area contributed by atoms with Crippen molar-refractivity contribution in [2.75, 3.05) is 13.2 Å². The summed E-state index contributed by atoms with van der Waals surface area (Å²) < 4.78 is 6.42. The van der Waals surface area contributed by atoms with E-state index in [1.54, 1.807) is 0 Å². The number of rotatable bonds is 7. The minimum Gasteiger partial charge on any atom is -0.484 e. The average molecular weight is 380 g/mol. The summed E-state index contributed by atoms with van der Waals surface area (Å²) in [6.07, 6.45) is 0.841. The van der Waals surface area contributed by atoms with Gasteiger partial charge in [-0.05, 0) is 43.5 Å². The van der Waals surface area contributed by atoms with Gasteiger partial charge in [0, 0.05) is 16.6 Å². The molecule has 0 saturated heterocycles. The van der Waals surface area contributed by atoms with E-state index in [4.69, 9.17) is 10.5 Å². The Bertz CT molecular complexity index is 440. The van der Waals surface area contributed by atoms with E-state index in [9.17, 15) is 4.79 Å². The van der Waals surface area contributed by atoms with Crippen LogP contribution in [-0.4, -0.2) is 24.6 Å². The molecule has 120 valence electrons. The van der Waals surface area contributed by atoms with Crippen LogP contribution in [0.3, 0.4) is 0 Å². The van der Waals surface area contributed by atoms with Crippen molar-refractivity contribution in [3.05, 3.63) is 28.7 Å². The first-order chi connectivity index (χ1) is 9.34. The van der Waals surface area contributed by atoms with Gasteiger partial charge in [-0.3, -0.25) is 4.79 Å². The maximum absolute atomic E-state index is 11.9. The van der Waals surface area contributed by atoms with E-state index in [1.807, 2.05) is 31.2 Å². The molecule has 1 aromatic rings. The second-order valence-corrected chi connectivity index (χ2v) is 6.57. The Labute approximate surface area is 141 Å². The quantitative estimate of drug-likeness (QED) is 0.765.